The number of carbonyl (C=O) groups is 1. The molecule has 1 heterocycles. The van der Waals surface area contributed by atoms with Crippen LogP contribution in [0.25, 0.3) is 10.8 Å². The van der Waals surface area contributed by atoms with Gasteiger partial charge in [0.05, 0.1) is 0 Å². The standard InChI is InChI=1S/C20H25NO2/c1-20(2,3)23-19(22)21-13-7-11-17(21)14-16-10-6-9-15-8-4-5-12-18(15)16/h4-6,8-10,12,17H,7,11,13-14H2,1-3H3/t17-/m0/s1. The SMILES string of the molecule is CC(C)(C)OC(=O)N1CCC[C@H]1Cc1cccc2ccccc12. The molecule has 0 bridgehead atoms. The Morgan fingerprint density at radius 3 is 2.70 bits per heavy atom. The molecular weight excluding hydrogens is 286 g/mol. The second kappa shape index (κ2) is 6.23. The van der Waals surface area contributed by atoms with Crippen molar-refractivity contribution in [2.75, 3.05) is 6.54 Å². The third-order valence-corrected chi connectivity index (χ3v) is 4.34. The number of amides is 1. The van der Waals surface area contributed by atoms with E-state index in [0.29, 0.717) is 0 Å². The van der Waals surface area contributed by atoms with Gasteiger partial charge in [0.1, 0.15) is 5.60 Å². The Morgan fingerprint density at radius 2 is 1.91 bits per heavy atom. The molecule has 1 aliphatic heterocycles. The molecule has 1 amide bonds. The smallest absolute Gasteiger partial charge is 0.410 e. The summed E-state index contributed by atoms with van der Waals surface area (Å²) in [6.07, 6.45) is 2.80. The van der Waals surface area contributed by atoms with Gasteiger partial charge in [-0.2, -0.15) is 0 Å². The summed E-state index contributed by atoms with van der Waals surface area (Å²) in [6, 6.07) is 15.1. The molecule has 0 saturated carbocycles. The van der Waals surface area contributed by atoms with Crippen LogP contribution in [0.1, 0.15) is 39.2 Å². The average Bonchev–Trinajstić information content (AvgIpc) is 2.94. The first-order valence-electron chi connectivity index (χ1n) is 8.40. The van der Waals surface area contributed by atoms with E-state index in [2.05, 4.69) is 42.5 Å². The van der Waals surface area contributed by atoms with Crippen molar-refractivity contribution in [3.8, 4) is 0 Å². The van der Waals surface area contributed by atoms with Crippen molar-refractivity contribution < 1.29 is 9.53 Å². The number of nitrogens with zero attached hydrogens (tertiary/aromatic N) is 1. The molecule has 23 heavy (non-hydrogen) atoms. The fourth-order valence-electron chi connectivity index (χ4n) is 3.33. The fourth-order valence-corrected chi connectivity index (χ4v) is 3.33. The van der Waals surface area contributed by atoms with Gasteiger partial charge in [-0.1, -0.05) is 42.5 Å². The van der Waals surface area contributed by atoms with E-state index in [1.807, 2.05) is 25.7 Å². The normalized spacial score (nSPS) is 18.4. The molecule has 1 fully saturated rings. The quantitative estimate of drug-likeness (QED) is 0.798. The van der Waals surface area contributed by atoms with Crippen LogP contribution >= 0.6 is 0 Å². The molecular formula is C20H25NO2. The third kappa shape index (κ3) is 3.66. The van der Waals surface area contributed by atoms with Crippen LogP contribution in [0.15, 0.2) is 42.5 Å². The maximum Gasteiger partial charge on any atom is 0.410 e. The predicted molar refractivity (Wildman–Crippen MR) is 93.6 cm³/mol. The van der Waals surface area contributed by atoms with E-state index in [0.717, 1.165) is 25.8 Å². The Balaban J connectivity index is 1.79. The number of rotatable bonds is 2. The lowest BCUT2D eigenvalue weighted by molar-refractivity contribution is 0.0227. The average molecular weight is 311 g/mol. The molecule has 122 valence electrons. The molecule has 0 aliphatic carbocycles. The Hall–Kier alpha value is -2.03. The molecule has 3 nitrogen and oxygen atoms in total. The highest BCUT2D eigenvalue weighted by molar-refractivity contribution is 5.85. The highest BCUT2D eigenvalue weighted by Gasteiger charge is 2.32. The molecule has 3 rings (SSSR count). The van der Waals surface area contributed by atoms with Gasteiger partial charge in [0.2, 0.25) is 0 Å². The lowest BCUT2D eigenvalue weighted by Gasteiger charge is -2.29. The van der Waals surface area contributed by atoms with E-state index in [4.69, 9.17) is 4.74 Å². The van der Waals surface area contributed by atoms with E-state index < -0.39 is 5.60 Å². The first kappa shape index (κ1) is 15.9. The minimum Gasteiger partial charge on any atom is -0.444 e. The summed E-state index contributed by atoms with van der Waals surface area (Å²) in [4.78, 5) is 14.3. The highest BCUT2D eigenvalue weighted by Crippen LogP contribution is 2.27. The topological polar surface area (TPSA) is 29.5 Å². The Kier molecular flexibility index (Phi) is 4.29. The van der Waals surface area contributed by atoms with Gasteiger partial charge in [0.15, 0.2) is 0 Å². The lowest BCUT2D eigenvalue weighted by Crippen LogP contribution is -2.40. The van der Waals surface area contributed by atoms with Crippen molar-refractivity contribution in [1.82, 2.24) is 4.90 Å². The van der Waals surface area contributed by atoms with Crippen LogP contribution in [0, 0.1) is 0 Å². The fraction of sp³-hybridized carbons (Fsp3) is 0.450. The minimum absolute atomic E-state index is 0.180. The molecule has 1 atom stereocenters. The number of hydrogen-bond acceptors (Lipinski definition) is 2. The van der Waals surface area contributed by atoms with Gasteiger partial charge >= 0.3 is 6.09 Å². The monoisotopic (exact) mass is 311 g/mol. The zero-order valence-corrected chi connectivity index (χ0v) is 14.2. The lowest BCUT2D eigenvalue weighted by atomic mass is 9.98. The summed E-state index contributed by atoms with van der Waals surface area (Å²) >= 11 is 0. The van der Waals surface area contributed by atoms with Gasteiger partial charge in [0, 0.05) is 12.6 Å². The van der Waals surface area contributed by atoms with Crippen LogP contribution in [0.2, 0.25) is 0 Å². The summed E-state index contributed by atoms with van der Waals surface area (Å²) in [5, 5.41) is 2.54. The number of carbonyl (C=O) groups excluding carboxylic acids is 1. The number of ether oxygens (including phenoxy) is 1. The molecule has 0 aromatic heterocycles. The summed E-state index contributed by atoms with van der Waals surface area (Å²) in [5.74, 6) is 0. The van der Waals surface area contributed by atoms with E-state index in [9.17, 15) is 4.79 Å². The molecule has 0 radical (unpaired) electrons. The molecule has 1 saturated heterocycles. The van der Waals surface area contributed by atoms with Crippen LogP contribution in [-0.4, -0.2) is 29.2 Å². The van der Waals surface area contributed by atoms with Crippen LogP contribution in [0.3, 0.4) is 0 Å². The Bertz CT molecular complexity index is 697. The highest BCUT2D eigenvalue weighted by atomic mass is 16.6. The third-order valence-electron chi connectivity index (χ3n) is 4.34. The number of likely N-dealkylation sites (tertiary alicyclic amines) is 1. The van der Waals surface area contributed by atoms with Crippen LogP contribution < -0.4 is 0 Å². The first-order chi connectivity index (χ1) is 10.9. The molecule has 2 aromatic carbocycles. The van der Waals surface area contributed by atoms with Gasteiger partial charge in [-0.3, -0.25) is 0 Å². The number of benzene rings is 2. The summed E-state index contributed by atoms with van der Waals surface area (Å²) in [5.41, 5.74) is 0.868. The number of fused-ring (bicyclic) bond motifs is 1. The summed E-state index contributed by atoms with van der Waals surface area (Å²) < 4.78 is 5.56. The predicted octanol–water partition coefficient (Wildman–Crippen LogP) is 4.78. The van der Waals surface area contributed by atoms with Gasteiger partial charge in [-0.05, 0) is 56.4 Å². The summed E-state index contributed by atoms with van der Waals surface area (Å²) in [6.45, 7) is 6.55. The summed E-state index contributed by atoms with van der Waals surface area (Å²) in [7, 11) is 0. The van der Waals surface area contributed by atoms with Crippen LogP contribution in [0.5, 0.6) is 0 Å². The van der Waals surface area contributed by atoms with Gasteiger partial charge in [-0.25, -0.2) is 4.79 Å². The Morgan fingerprint density at radius 1 is 1.17 bits per heavy atom. The van der Waals surface area contributed by atoms with E-state index >= 15 is 0 Å². The van der Waals surface area contributed by atoms with Gasteiger partial charge in [0.25, 0.3) is 0 Å². The van der Waals surface area contributed by atoms with Crippen molar-refractivity contribution in [3.05, 3.63) is 48.0 Å². The van der Waals surface area contributed by atoms with Gasteiger partial charge < -0.3 is 9.64 Å². The van der Waals surface area contributed by atoms with E-state index in [-0.39, 0.29) is 12.1 Å². The van der Waals surface area contributed by atoms with Crippen molar-refractivity contribution in [3.63, 3.8) is 0 Å². The minimum atomic E-state index is -0.441. The molecule has 0 unspecified atom stereocenters. The van der Waals surface area contributed by atoms with E-state index in [1.54, 1.807) is 0 Å². The Labute approximate surface area is 138 Å². The van der Waals surface area contributed by atoms with Crippen LogP contribution in [0.4, 0.5) is 4.79 Å². The second-order valence-corrected chi connectivity index (χ2v) is 7.31. The molecule has 1 aliphatic rings. The van der Waals surface area contributed by atoms with Crippen molar-refractivity contribution in [2.24, 2.45) is 0 Å². The second-order valence-electron chi connectivity index (χ2n) is 7.31. The molecule has 0 spiro atoms. The molecule has 0 N–H and O–H groups in total. The first-order valence-corrected chi connectivity index (χ1v) is 8.40. The van der Waals surface area contributed by atoms with Crippen molar-refractivity contribution in [1.29, 1.82) is 0 Å². The molecule has 3 heteroatoms. The van der Waals surface area contributed by atoms with Crippen molar-refractivity contribution in [2.45, 2.75) is 51.7 Å². The number of hydrogen-bond donors (Lipinski definition) is 0. The van der Waals surface area contributed by atoms with Gasteiger partial charge in [-0.15, -0.1) is 0 Å². The van der Waals surface area contributed by atoms with Crippen LogP contribution in [-0.2, 0) is 11.2 Å². The molecule has 2 aromatic rings. The van der Waals surface area contributed by atoms with Crippen molar-refractivity contribution >= 4 is 16.9 Å². The maximum absolute atomic E-state index is 12.4. The zero-order chi connectivity index (χ0) is 16.4. The van der Waals surface area contributed by atoms with E-state index in [1.165, 1.54) is 16.3 Å². The maximum atomic E-state index is 12.4. The largest absolute Gasteiger partial charge is 0.444 e. The zero-order valence-electron chi connectivity index (χ0n) is 14.2.